The SMILES string of the molecule is C=C(/C=C\C(C)=N)Nc1ncc2c(n1)N(C)C(=O)N(C1=CC(NC(=O)C3=C/C=C/C(c4ccccc4)=N[C@H](C(C)CC)C(=O)NC=C3)CC=C1C)C2. The summed E-state index contributed by atoms with van der Waals surface area (Å²) in [6.45, 7) is 11.8. The molecule has 0 fully saturated rings. The third-order valence-corrected chi connectivity index (χ3v) is 8.94. The van der Waals surface area contributed by atoms with Gasteiger partial charge in [0, 0.05) is 47.7 Å². The summed E-state index contributed by atoms with van der Waals surface area (Å²) in [5, 5.41) is 16.5. The van der Waals surface area contributed by atoms with Crippen molar-refractivity contribution in [2.75, 3.05) is 17.3 Å². The maximum absolute atomic E-state index is 13.7. The number of fused-ring (bicyclic) bond motifs is 1. The maximum atomic E-state index is 13.7. The molecule has 4 N–H and O–H groups in total. The Bertz CT molecular complexity index is 1970. The van der Waals surface area contributed by atoms with Gasteiger partial charge < -0.3 is 21.4 Å². The van der Waals surface area contributed by atoms with Gasteiger partial charge in [0.05, 0.1) is 18.3 Å². The van der Waals surface area contributed by atoms with E-state index in [0.717, 1.165) is 23.1 Å². The first-order valence-corrected chi connectivity index (χ1v) is 17.2. The number of hydrogen-bond donors (Lipinski definition) is 4. The maximum Gasteiger partial charge on any atom is 0.330 e. The number of carbonyl (C=O) groups excluding carboxylic acids is 3. The lowest BCUT2D eigenvalue weighted by Crippen LogP contribution is -2.46. The number of aliphatic imine (C=N–C) groups is 1. The van der Waals surface area contributed by atoms with Crippen molar-refractivity contribution in [3.8, 4) is 0 Å². The van der Waals surface area contributed by atoms with Crippen molar-refractivity contribution in [3.05, 3.63) is 132 Å². The van der Waals surface area contributed by atoms with Gasteiger partial charge in [-0.2, -0.15) is 4.98 Å². The number of anilines is 2. The summed E-state index contributed by atoms with van der Waals surface area (Å²) in [7, 11) is 1.66. The quantitative estimate of drug-likeness (QED) is 0.173. The van der Waals surface area contributed by atoms with Crippen molar-refractivity contribution in [2.45, 2.75) is 59.2 Å². The Kier molecular flexibility index (Phi) is 11.9. The van der Waals surface area contributed by atoms with Gasteiger partial charge in [0.1, 0.15) is 11.9 Å². The number of aromatic nitrogens is 2. The van der Waals surface area contributed by atoms with Crippen molar-refractivity contribution in [1.29, 1.82) is 5.41 Å². The fraction of sp³-hybridized carbons (Fsp3) is 0.275. The van der Waals surface area contributed by atoms with E-state index >= 15 is 0 Å². The van der Waals surface area contributed by atoms with Crippen LogP contribution in [0, 0.1) is 11.3 Å². The van der Waals surface area contributed by atoms with Crippen LogP contribution in [-0.2, 0) is 16.1 Å². The number of amides is 4. The summed E-state index contributed by atoms with van der Waals surface area (Å²) < 4.78 is 0. The molecule has 52 heavy (non-hydrogen) atoms. The summed E-state index contributed by atoms with van der Waals surface area (Å²) in [5.41, 5.74) is 5.07. The fourth-order valence-corrected chi connectivity index (χ4v) is 5.81. The molecule has 3 atom stereocenters. The third kappa shape index (κ3) is 8.94. The monoisotopic (exact) mass is 699 g/mol. The first-order valence-electron chi connectivity index (χ1n) is 17.2. The van der Waals surface area contributed by atoms with Gasteiger partial charge in [0.2, 0.25) is 11.9 Å². The molecule has 268 valence electrons. The summed E-state index contributed by atoms with van der Waals surface area (Å²) in [6.07, 6.45) is 18.5. The molecular weight excluding hydrogens is 655 g/mol. The van der Waals surface area contributed by atoms with Crippen LogP contribution in [0.4, 0.5) is 16.6 Å². The van der Waals surface area contributed by atoms with Crippen molar-refractivity contribution in [2.24, 2.45) is 10.9 Å². The number of carbonyl (C=O) groups is 3. The zero-order valence-corrected chi connectivity index (χ0v) is 30.2. The highest BCUT2D eigenvalue weighted by Gasteiger charge is 2.33. The highest BCUT2D eigenvalue weighted by atomic mass is 16.2. The Hall–Kier alpha value is -6.17. The van der Waals surface area contributed by atoms with E-state index in [2.05, 4.69) is 32.5 Å². The van der Waals surface area contributed by atoms with Crippen molar-refractivity contribution in [1.82, 2.24) is 25.5 Å². The highest BCUT2D eigenvalue weighted by molar-refractivity contribution is 6.10. The van der Waals surface area contributed by atoms with E-state index in [0.29, 0.717) is 40.6 Å². The molecule has 4 amide bonds. The van der Waals surface area contributed by atoms with Crippen molar-refractivity contribution >= 4 is 41.0 Å². The number of nitrogens with one attached hydrogen (secondary N) is 4. The average molecular weight is 700 g/mol. The molecule has 1 aromatic carbocycles. The lowest BCUT2D eigenvalue weighted by Gasteiger charge is -2.37. The summed E-state index contributed by atoms with van der Waals surface area (Å²) in [6, 6.07) is 8.36. The molecule has 0 bridgehead atoms. The average Bonchev–Trinajstić information content (AvgIpc) is 3.17. The van der Waals surface area contributed by atoms with Crippen LogP contribution in [0.5, 0.6) is 0 Å². The standard InChI is InChI=1S/C40H45N9O3/c1-7-25(2)35-38(51)42-21-20-30(14-11-15-33(46-35)29-12-9-8-10-13-29)37(50)45-32-19-16-26(3)34(22-32)49-24-31-23-43-39(44-28(5)18-17-27(4)41)47-36(31)48(6)40(49)52/h8-18,20-23,25,32,35,41H,5,7,19,24H2,1-4,6H3,(H,42,51)(H,45,50)(H,43,44,47)/b15-11+,18-17-,21-20?,30-14?,41-27?,46-33?/t25?,32?,35-/m1/s1. The van der Waals surface area contributed by atoms with Crippen LogP contribution in [-0.4, -0.2) is 63.3 Å². The predicted octanol–water partition coefficient (Wildman–Crippen LogP) is 6.12. The molecule has 3 aliphatic rings. The number of urea groups is 1. The lowest BCUT2D eigenvalue weighted by atomic mass is 9.98. The van der Waals surface area contributed by atoms with Gasteiger partial charge in [0.25, 0.3) is 5.91 Å². The second-order valence-corrected chi connectivity index (χ2v) is 12.9. The first kappa shape index (κ1) is 37.1. The third-order valence-electron chi connectivity index (χ3n) is 8.94. The smallest absolute Gasteiger partial charge is 0.330 e. The van der Waals surface area contributed by atoms with Crippen molar-refractivity contribution in [3.63, 3.8) is 0 Å². The summed E-state index contributed by atoms with van der Waals surface area (Å²) >= 11 is 0. The molecule has 2 aliphatic heterocycles. The highest BCUT2D eigenvalue weighted by Crippen LogP contribution is 2.32. The van der Waals surface area contributed by atoms with Crippen LogP contribution in [0.1, 0.15) is 51.7 Å². The van der Waals surface area contributed by atoms with Gasteiger partial charge >= 0.3 is 6.03 Å². The molecule has 0 saturated heterocycles. The fourth-order valence-electron chi connectivity index (χ4n) is 5.81. The van der Waals surface area contributed by atoms with Crippen molar-refractivity contribution < 1.29 is 14.4 Å². The molecule has 0 spiro atoms. The van der Waals surface area contributed by atoms with Crippen LogP contribution in [0.2, 0.25) is 0 Å². The van der Waals surface area contributed by atoms with E-state index in [9.17, 15) is 14.4 Å². The number of hydrogen-bond acceptors (Lipinski definition) is 8. The minimum absolute atomic E-state index is 0.000851. The predicted molar refractivity (Wildman–Crippen MR) is 206 cm³/mol. The number of nitrogens with zero attached hydrogens (tertiary/aromatic N) is 5. The molecule has 5 rings (SSSR count). The van der Waals surface area contributed by atoms with Crippen LogP contribution in [0.15, 0.2) is 125 Å². The van der Waals surface area contributed by atoms with E-state index in [1.807, 2.05) is 69.3 Å². The van der Waals surface area contributed by atoms with Gasteiger partial charge in [-0.3, -0.25) is 24.4 Å². The van der Waals surface area contributed by atoms with E-state index in [1.165, 1.54) is 11.1 Å². The Balaban J connectivity index is 1.35. The van der Waals surface area contributed by atoms with Gasteiger partial charge in [-0.1, -0.05) is 69.3 Å². The molecule has 0 saturated carbocycles. The van der Waals surface area contributed by atoms with Gasteiger partial charge in [0.15, 0.2) is 0 Å². The largest absolute Gasteiger partial charge is 0.345 e. The Labute approximate surface area is 304 Å². The number of allylic oxidation sites excluding steroid dienone is 6. The van der Waals surface area contributed by atoms with E-state index in [4.69, 9.17) is 10.4 Å². The molecule has 12 heteroatoms. The summed E-state index contributed by atoms with van der Waals surface area (Å²) in [5.74, 6) is 0.171. The van der Waals surface area contributed by atoms with E-state index < -0.39 is 12.1 Å². The zero-order valence-electron chi connectivity index (χ0n) is 30.2. The second-order valence-electron chi connectivity index (χ2n) is 12.9. The zero-order chi connectivity index (χ0) is 37.4. The molecule has 12 nitrogen and oxygen atoms in total. The molecule has 2 unspecified atom stereocenters. The molecule has 2 aromatic rings. The molecule has 1 aliphatic carbocycles. The van der Waals surface area contributed by atoms with Gasteiger partial charge in [-0.25, -0.2) is 9.78 Å². The minimum atomic E-state index is -0.607. The first-order chi connectivity index (χ1) is 24.9. The van der Waals surface area contributed by atoms with Gasteiger partial charge in [-0.05, 0) is 73.8 Å². The van der Waals surface area contributed by atoms with Crippen LogP contribution < -0.4 is 20.9 Å². The molecule has 1 aromatic heterocycles. The van der Waals surface area contributed by atoms with E-state index in [1.54, 1.807) is 55.4 Å². The number of rotatable bonds is 10. The van der Waals surface area contributed by atoms with E-state index in [-0.39, 0.29) is 36.3 Å². The van der Waals surface area contributed by atoms with Crippen LogP contribution >= 0.6 is 0 Å². The molecular formula is C40H45N9O3. The summed E-state index contributed by atoms with van der Waals surface area (Å²) in [4.78, 5) is 57.7. The van der Waals surface area contributed by atoms with Crippen LogP contribution in [0.25, 0.3) is 0 Å². The van der Waals surface area contributed by atoms with Gasteiger partial charge in [-0.15, -0.1) is 0 Å². The lowest BCUT2D eigenvalue weighted by molar-refractivity contribution is -0.122. The second kappa shape index (κ2) is 16.7. The normalized spacial score (nSPS) is 20.3. The minimum Gasteiger partial charge on any atom is -0.345 e. The molecule has 0 radical (unpaired) electrons. The number of benzene rings is 1. The Morgan fingerprint density at radius 1 is 1.19 bits per heavy atom. The topological polar surface area (TPSA) is 156 Å². The Morgan fingerprint density at radius 2 is 1.96 bits per heavy atom. The molecule has 3 heterocycles. The van der Waals surface area contributed by atoms with Crippen LogP contribution in [0.3, 0.4) is 0 Å². The Morgan fingerprint density at radius 3 is 2.69 bits per heavy atom.